The Bertz CT molecular complexity index is 422. The van der Waals surface area contributed by atoms with Gasteiger partial charge in [-0.3, -0.25) is 0 Å². The molecule has 20 heavy (non-hydrogen) atoms. The Morgan fingerprint density at radius 3 is 2.75 bits per heavy atom. The normalized spacial score (nSPS) is 16.6. The van der Waals surface area contributed by atoms with Crippen molar-refractivity contribution in [2.45, 2.75) is 38.9 Å². The van der Waals surface area contributed by atoms with Gasteiger partial charge < -0.3 is 14.2 Å². The molecule has 1 aromatic rings. The van der Waals surface area contributed by atoms with Gasteiger partial charge in [-0.15, -0.1) is 0 Å². The van der Waals surface area contributed by atoms with Gasteiger partial charge in [-0.1, -0.05) is 12.1 Å². The first-order valence-corrected chi connectivity index (χ1v) is 7.29. The van der Waals surface area contributed by atoms with E-state index in [4.69, 9.17) is 14.2 Å². The number of carbonyl (C=O) groups is 1. The van der Waals surface area contributed by atoms with Crippen molar-refractivity contribution in [2.75, 3.05) is 19.8 Å². The molecule has 1 aliphatic rings. The smallest absolute Gasteiger partial charge is 0.338 e. The third-order valence-corrected chi connectivity index (χ3v) is 3.25. The minimum absolute atomic E-state index is 0.122. The highest BCUT2D eigenvalue weighted by Crippen LogP contribution is 2.14. The molecular formula is C16H22O4. The van der Waals surface area contributed by atoms with Crippen LogP contribution in [0.25, 0.3) is 0 Å². The monoisotopic (exact) mass is 278 g/mol. The molecule has 0 aromatic heterocycles. The molecule has 0 bridgehead atoms. The Balaban J connectivity index is 1.88. The molecule has 0 amide bonds. The van der Waals surface area contributed by atoms with Gasteiger partial charge in [0.1, 0.15) is 0 Å². The molecule has 1 aromatic carbocycles. The first kappa shape index (κ1) is 15.0. The van der Waals surface area contributed by atoms with Crippen molar-refractivity contribution in [3.63, 3.8) is 0 Å². The summed E-state index contributed by atoms with van der Waals surface area (Å²) in [5.41, 5.74) is 1.71. The fourth-order valence-corrected chi connectivity index (χ4v) is 2.20. The van der Waals surface area contributed by atoms with Crippen LogP contribution in [0.5, 0.6) is 0 Å². The number of benzene rings is 1. The van der Waals surface area contributed by atoms with Crippen molar-refractivity contribution < 1.29 is 19.0 Å². The first-order valence-electron chi connectivity index (χ1n) is 7.29. The van der Waals surface area contributed by atoms with Gasteiger partial charge >= 0.3 is 5.97 Å². The molecule has 0 spiro atoms. The van der Waals surface area contributed by atoms with E-state index in [9.17, 15) is 4.79 Å². The Morgan fingerprint density at radius 1 is 1.30 bits per heavy atom. The minimum atomic E-state index is -0.267. The van der Waals surface area contributed by atoms with Crippen molar-refractivity contribution in [1.29, 1.82) is 0 Å². The summed E-state index contributed by atoms with van der Waals surface area (Å²) in [5, 5.41) is 0. The average Bonchev–Trinajstić information content (AvgIpc) is 2.74. The highest BCUT2D eigenvalue weighted by atomic mass is 16.7. The predicted octanol–water partition coefficient (Wildman–Crippen LogP) is 2.95. The van der Waals surface area contributed by atoms with E-state index in [0.717, 1.165) is 44.5 Å². The molecule has 1 saturated heterocycles. The van der Waals surface area contributed by atoms with Crippen LogP contribution in [-0.2, 0) is 20.6 Å². The molecule has 1 aliphatic heterocycles. The van der Waals surface area contributed by atoms with Gasteiger partial charge in [0, 0.05) is 19.6 Å². The van der Waals surface area contributed by atoms with Crippen LogP contribution in [-0.4, -0.2) is 32.1 Å². The van der Waals surface area contributed by atoms with E-state index in [0.29, 0.717) is 12.2 Å². The molecule has 1 heterocycles. The van der Waals surface area contributed by atoms with Crippen LogP contribution < -0.4 is 0 Å². The summed E-state index contributed by atoms with van der Waals surface area (Å²) in [5.74, 6) is -0.267. The molecule has 4 heteroatoms. The van der Waals surface area contributed by atoms with Crippen LogP contribution in [0.15, 0.2) is 24.3 Å². The highest BCUT2D eigenvalue weighted by Gasteiger charge is 2.13. The fraction of sp³-hybridized carbons (Fsp3) is 0.562. The molecule has 0 unspecified atom stereocenters. The predicted molar refractivity (Wildman–Crippen MR) is 75.6 cm³/mol. The molecule has 0 N–H and O–H groups in total. The zero-order chi connectivity index (χ0) is 14.2. The zero-order valence-corrected chi connectivity index (χ0v) is 12.0. The topological polar surface area (TPSA) is 44.8 Å². The molecule has 0 atom stereocenters. The van der Waals surface area contributed by atoms with Crippen LogP contribution in [0, 0.1) is 0 Å². The van der Waals surface area contributed by atoms with E-state index >= 15 is 0 Å². The second-order valence-corrected chi connectivity index (χ2v) is 4.84. The maximum Gasteiger partial charge on any atom is 0.338 e. The number of hydrogen-bond donors (Lipinski definition) is 0. The maximum atomic E-state index is 11.7. The van der Waals surface area contributed by atoms with E-state index in [1.807, 2.05) is 25.1 Å². The third kappa shape index (κ3) is 4.62. The number of carbonyl (C=O) groups excluding carboxylic acids is 1. The molecule has 2 rings (SSSR count). The molecule has 0 saturated carbocycles. The van der Waals surface area contributed by atoms with E-state index in [-0.39, 0.29) is 12.3 Å². The zero-order valence-electron chi connectivity index (χ0n) is 12.0. The summed E-state index contributed by atoms with van der Waals surface area (Å²) >= 11 is 0. The van der Waals surface area contributed by atoms with Crippen molar-refractivity contribution in [3.8, 4) is 0 Å². The number of rotatable bonds is 5. The second kappa shape index (κ2) is 8.02. The van der Waals surface area contributed by atoms with Gasteiger partial charge in [0.15, 0.2) is 6.29 Å². The van der Waals surface area contributed by atoms with Gasteiger partial charge in [-0.25, -0.2) is 4.79 Å². The van der Waals surface area contributed by atoms with Crippen LogP contribution >= 0.6 is 0 Å². The van der Waals surface area contributed by atoms with Crippen molar-refractivity contribution in [3.05, 3.63) is 35.4 Å². The van der Waals surface area contributed by atoms with Crippen LogP contribution in [0.3, 0.4) is 0 Å². The largest absolute Gasteiger partial charge is 0.462 e. The summed E-state index contributed by atoms with van der Waals surface area (Å²) < 4.78 is 16.3. The summed E-state index contributed by atoms with van der Waals surface area (Å²) in [6.45, 7) is 3.75. The van der Waals surface area contributed by atoms with Crippen molar-refractivity contribution in [2.24, 2.45) is 0 Å². The Labute approximate surface area is 120 Å². The summed E-state index contributed by atoms with van der Waals surface area (Å²) in [6.07, 6.45) is 3.65. The number of esters is 1. The lowest BCUT2D eigenvalue weighted by Crippen LogP contribution is -2.16. The van der Waals surface area contributed by atoms with E-state index in [1.54, 1.807) is 6.07 Å². The highest BCUT2D eigenvalue weighted by molar-refractivity contribution is 5.89. The van der Waals surface area contributed by atoms with E-state index in [2.05, 4.69) is 0 Å². The van der Waals surface area contributed by atoms with Gasteiger partial charge in [0.2, 0.25) is 0 Å². The SMILES string of the molecule is CCOC(=O)c1cccc(CCC2OCCCCO2)c1. The van der Waals surface area contributed by atoms with Gasteiger partial charge in [-0.2, -0.15) is 0 Å². The molecule has 0 aliphatic carbocycles. The van der Waals surface area contributed by atoms with Crippen molar-refractivity contribution in [1.82, 2.24) is 0 Å². The lowest BCUT2D eigenvalue weighted by atomic mass is 10.1. The maximum absolute atomic E-state index is 11.7. The number of ether oxygens (including phenoxy) is 3. The first-order chi connectivity index (χ1) is 9.79. The van der Waals surface area contributed by atoms with Gasteiger partial charge in [-0.05, 0) is 43.9 Å². The quantitative estimate of drug-likeness (QED) is 0.777. The Morgan fingerprint density at radius 2 is 2.05 bits per heavy atom. The lowest BCUT2D eigenvalue weighted by molar-refractivity contribution is -0.129. The third-order valence-electron chi connectivity index (χ3n) is 3.25. The summed E-state index contributed by atoms with van der Waals surface area (Å²) in [4.78, 5) is 11.7. The fourth-order valence-electron chi connectivity index (χ4n) is 2.20. The van der Waals surface area contributed by atoms with E-state index < -0.39 is 0 Å². The van der Waals surface area contributed by atoms with Crippen LogP contribution in [0.2, 0.25) is 0 Å². The molecular weight excluding hydrogens is 256 g/mol. The number of hydrogen-bond acceptors (Lipinski definition) is 4. The van der Waals surface area contributed by atoms with Crippen LogP contribution in [0.1, 0.15) is 42.1 Å². The Kier molecular flexibility index (Phi) is 6.02. The minimum Gasteiger partial charge on any atom is -0.462 e. The molecule has 110 valence electrons. The molecule has 1 fully saturated rings. The van der Waals surface area contributed by atoms with E-state index in [1.165, 1.54) is 0 Å². The summed E-state index contributed by atoms with van der Waals surface area (Å²) in [6, 6.07) is 7.56. The standard InChI is InChI=1S/C16H22O4/c1-2-18-16(17)14-7-5-6-13(12-14)8-9-15-19-10-3-4-11-20-15/h5-7,12,15H,2-4,8-11H2,1H3. The Hall–Kier alpha value is -1.39. The second-order valence-electron chi connectivity index (χ2n) is 4.84. The summed E-state index contributed by atoms with van der Waals surface area (Å²) in [7, 11) is 0. The molecule has 4 nitrogen and oxygen atoms in total. The van der Waals surface area contributed by atoms with Gasteiger partial charge in [0.25, 0.3) is 0 Å². The molecule has 0 radical (unpaired) electrons. The van der Waals surface area contributed by atoms with Gasteiger partial charge in [0.05, 0.1) is 12.2 Å². The average molecular weight is 278 g/mol. The lowest BCUT2D eigenvalue weighted by Gasteiger charge is -2.15. The van der Waals surface area contributed by atoms with Crippen molar-refractivity contribution >= 4 is 5.97 Å². The number of aryl methyl sites for hydroxylation is 1. The van der Waals surface area contributed by atoms with Crippen LogP contribution in [0.4, 0.5) is 0 Å².